The van der Waals surface area contributed by atoms with Crippen molar-refractivity contribution in [2.24, 2.45) is 0 Å². The summed E-state index contributed by atoms with van der Waals surface area (Å²) in [6.45, 7) is 1.96. The quantitative estimate of drug-likeness (QED) is 0.348. The number of rotatable bonds is 3. The van der Waals surface area contributed by atoms with E-state index in [-0.39, 0.29) is 0 Å². The summed E-state index contributed by atoms with van der Waals surface area (Å²) in [6, 6.07) is -0.680. The molecule has 0 aromatic carbocycles. The lowest BCUT2D eigenvalue weighted by atomic mass is 9.96. The molecule has 1 saturated heterocycles. The van der Waals surface area contributed by atoms with E-state index < -0.39 is 37.3 Å². The first kappa shape index (κ1) is 11.8. The summed E-state index contributed by atoms with van der Waals surface area (Å²) in [6.07, 6.45) is -4.46. The van der Waals surface area contributed by atoms with Crippen molar-refractivity contribution in [3.63, 3.8) is 0 Å². The maximum absolute atomic E-state index is 9.63. The average molecular weight is 207 g/mol. The van der Waals surface area contributed by atoms with E-state index in [9.17, 15) is 15.3 Å². The van der Waals surface area contributed by atoms with E-state index in [1.54, 1.807) is 0 Å². The number of ether oxygens (including phenoxy) is 1. The molecule has 1 aliphatic rings. The van der Waals surface area contributed by atoms with Crippen LogP contribution in [-0.4, -0.2) is 64.2 Å². The molecule has 6 nitrogen and oxygen atoms in total. The zero-order valence-corrected chi connectivity index (χ0v) is 8.00. The molecule has 84 valence electrons. The molecule has 6 heteroatoms. The third-order valence-corrected chi connectivity index (χ3v) is 2.34. The molecule has 1 aliphatic heterocycles. The molecule has 5 N–H and O–H groups in total. The van der Waals surface area contributed by atoms with Gasteiger partial charge >= 0.3 is 0 Å². The second-order valence-corrected chi connectivity index (χ2v) is 3.31. The van der Waals surface area contributed by atoms with E-state index >= 15 is 0 Å². The Morgan fingerprint density at radius 2 is 1.86 bits per heavy atom. The van der Waals surface area contributed by atoms with E-state index in [1.165, 1.54) is 0 Å². The van der Waals surface area contributed by atoms with Gasteiger partial charge in [-0.15, -0.1) is 0 Å². The van der Waals surface area contributed by atoms with Crippen molar-refractivity contribution in [2.75, 3.05) is 13.2 Å². The monoisotopic (exact) mass is 207 g/mol. The minimum absolute atomic E-state index is 0.396. The summed E-state index contributed by atoms with van der Waals surface area (Å²) < 4.78 is 4.80. The summed E-state index contributed by atoms with van der Waals surface area (Å²) in [4.78, 5) is 0. The van der Waals surface area contributed by atoms with E-state index in [2.05, 4.69) is 5.32 Å². The second-order valence-electron chi connectivity index (χ2n) is 3.31. The Morgan fingerprint density at radius 3 is 2.36 bits per heavy atom. The van der Waals surface area contributed by atoms with E-state index in [0.29, 0.717) is 6.54 Å². The first-order valence-corrected chi connectivity index (χ1v) is 4.65. The largest absolute Gasteiger partial charge is 0.394 e. The van der Waals surface area contributed by atoms with Crippen LogP contribution in [0.3, 0.4) is 0 Å². The van der Waals surface area contributed by atoms with Crippen molar-refractivity contribution in [1.82, 2.24) is 5.32 Å². The first-order valence-electron chi connectivity index (χ1n) is 4.65. The van der Waals surface area contributed by atoms with Gasteiger partial charge in [-0.05, 0) is 6.54 Å². The molecule has 0 amide bonds. The van der Waals surface area contributed by atoms with Crippen molar-refractivity contribution in [1.29, 1.82) is 0 Å². The highest BCUT2D eigenvalue weighted by Gasteiger charge is 2.42. The van der Waals surface area contributed by atoms with Crippen LogP contribution in [-0.2, 0) is 4.74 Å². The lowest BCUT2D eigenvalue weighted by Gasteiger charge is -2.40. The molecular formula is C8H17NO5. The predicted octanol–water partition coefficient (Wildman–Crippen LogP) is -2.60. The molecular weight excluding hydrogens is 190 g/mol. The van der Waals surface area contributed by atoms with Crippen LogP contribution in [0.15, 0.2) is 0 Å². The maximum atomic E-state index is 9.63. The molecule has 0 radical (unpaired) electrons. The highest BCUT2D eigenvalue weighted by atomic mass is 16.6. The van der Waals surface area contributed by atoms with Gasteiger partial charge in [0.1, 0.15) is 18.3 Å². The van der Waals surface area contributed by atoms with Crippen molar-refractivity contribution in [3.8, 4) is 0 Å². The molecule has 0 aromatic rings. The SMILES string of the molecule is CCN[C@H]1[C@H](O)[C@@H](CO)OC(O)[C@@H]1O. The van der Waals surface area contributed by atoms with Crippen LogP contribution in [0, 0.1) is 0 Å². The molecule has 0 spiro atoms. The van der Waals surface area contributed by atoms with Crippen LogP contribution in [0.5, 0.6) is 0 Å². The number of hydrogen-bond acceptors (Lipinski definition) is 6. The molecule has 0 bridgehead atoms. The standard InChI is InChI=1S/C8H17NO5/c1-2-9-5-6(11)4(3-10)14-8(13)7(5)12/h4-13H,2-3H2,1H3/t4-,5+,6-,7-,8?/m1/s1. The molecule has 1 heterocycles. The lowest BCUT2D eigenvalue weighted by molar-refractivity contribution is -0.262. The number of nitrogens with one attached hydrogen (secondary N) is 1. The summed E-state index contributed by atoms with van der Waals surface area (Å²) in [5.74, 6) is 0. The molecule has 5 atom stereocenters. The highest BCUT2D eigenvalue weighted by Crippen LogP contribution is 2.19. The van der Waals surface area contributed by atoms with Gasteiger partial charge in [-0.2, -0.15) is 0 Å². The van der Waals surface area contributed by atoms with E-state index in [0.717, 1.165) is 0 Å². The number of aliphatic hydroxyl groups excluding tert-OH is 4. The van der Waals surface area contributed by atoms with Gasteiger partial charge in [0.05, 0.1) is 12.6 Å². The normalized spacial score (nSPS) is 43.9. The number of aliphatic hydroxyl groups is 4. The Kier molecular flexibility index (Phi) is 4.24. The van der Waals surface area contributed by atoms with Crippen molar-refractivity contribution < 1.29 is 25.2 Å². The van der Waals surface area contributed by atoms with E-state index in [4.69, 9.17) is 9.84 Å². The Balaban J connectivity index is 2.67. The van der Waals surface area contributed by atoms with Gasteiger partial charge in [0, 0.05) is 0 Å². The Hall–Kier alpha value is -0.240. The summed E-state index contributed by atoms with van der Waals surface area (Å²) in [5, 5.41) is 40.0. The van der Waals surface area contributed by atoms with Gasteiger partial charge in [0.15, 0.2) is 6.29 Å². The van der Waals surface area contributed by atoms with Gasteiger partial charge < -0.3 is 30.5 Å². The topological polar surface area (TPSA) is 102 Å². The Labute approximate surface area is 82.1 Å². The zero-order chi connectivity index (χ0) is 10.7. The summed E-state index contributed by atoms with van der Waals surface area (Å²) >= 11 is 0. The van der Waals surface area contributed by atoms with Gasteiger partial charge in [-0.25, -0.2) is 0 Å². The van der Waals surface area contributed by atoms with Crippen LogP contribution in [0.25, 0.3) is 0 Å². The van der Waals surface area contributed by atoms with Gasteiger partial charge in [0.2, 0.25) is 0 Å². The predicted molar refractivity (Wildman–Crippen MR) is 47.4 cm³/mol. The fourth-order valence-corrected chi connectivity index (χ4v) is 1.58. The van der Waals surface area contributed by atoms with Crippen LogP contribution in [0.2, 0.25) is 0 Å². The molecule has 1 unspecified atom stereocenters. The first-order chi connectivity index (χ1) is 6.61. The minimum Gasteiger partial charge on any atom is -0.394 e. The molecule has 1 fully saturated rings. The minimum atomic E-state index is -1.38. The third kappa shape index (κ3) is 2.22. The molecule has 14 heavy (non-hydrogen) atoms. The molecule has 0 saturated carbocycles. The van der Waals surface area contributed by atoms with Crippen molar-refractivity contribution in [3.05, 3.63) is 0 Å². The number of likely N-dealkylation sites (N-methyl/N-ethyl adjacent to an activating group) is 1. The van der Waals surface area contributed by atoms with E-state index in [1.807, 2.05) is 6.92 Å². The fraction of sp³-hybridized carbons (Fsp3) is 1.00. The fourth-order valence-electron chi connectivity index (χ4n) is 1.58. The Morgan fingerprint density at radius 1 is 1.21 bits per heavy atom. The smallest absolute Gasteiger partial charge is 0.183 e. The van der Waals surface area contributed by atoms with Crippen LogP contribution >= 0.6 is 0 Å². The third-order valence-electron chi connectivity index (χ3n) is 2.34. The zero-order valence-electron chi connectivity index (χ0n) is 8.00. The van der Waals surface area contributed by atoms with Crippen LogP contribution in [0.1, 0.15) is 6.92 Å². The average Bonchev–Trinajstić information content (AvgIpc) is 2.18. The second kappa shape index (κ2) is 5.01. The van der Waals surface area contributed by atoms with Gasteiger partial charge in [0.25, 0.3) is 0 Å². The molecule has 1 rings (SSSR count). The van der Waals surface area contributed by atoms with Crippen LogP contribution < -0.4 is 5.32 Å². The molecule has 0 aliphatic carbocycles. The van der Waals surface area contributed by atoms with Crippen molar-refractivity contribution in [2.45, 2.75) is 37.6 Å². The summed E-state index contributed by atoms with van der Waals surface area (Å²) in [7, 11) is 0. The maximum Gasteiger partial charge on any atom is 0.183 e. The summed E-state index contributed by atoms with van der Waals surface area (Å²) in [5.41, 5.74) is 0. The van der Waals surface area contributed by atoms with Gasteiger partial charge in [-0.3, -0.25) is 0 Å². The highest BCUT2D eigenvalue weighted by molar-refractivity contribution is 4.93. The lowest BCUT2D eigenvalue weighted by Crippen LogP contribution is -2.63. The number of hydrogen-bond donors (Lipinski definition) is 5. The van der Waals surface area contributed by atoms with Crippen molar-refractivity contribution >= 4 is 0 Å². The van der Waals surface area contributed by atoms with Crippen LogP contribution in [0.4, 0.5) is 0 Å². The molecule has 0 aromatic heterocycles. The van der Waals surface area contributed by atoms with Gasteiger partial charge in [-0.1, -0.05) is 6.92 Å². The Bertz CT molecular complexity index is 179.